The summed E-state index contributed by atoms with van der Waals surface area (Å²) in [4.78, 5) is 0. The van der Waals surface area contributed by atoms with Gasteiger partial charge in [0.05, 0.1) is 6.54 Å². The normalized spacial score (nSPS) is 12.8. The van der Waals surface area contributed by atoms with Gasteiger partial charge in [-0.15, -0.1) is 0 Å². The van der Waals surface area contributed by atoms with Crippen molar-refractivity contribution < 1.29 is 8.42 Å². The summed E-state index contributed by atoms with van der Waals surface area (Å²) < 4.78 is 28.9. The smallest absolute Gasteiger partial charge is 0.277 e. The molecule has 0 aliphatic rings. The van der Waals surface area contributed by atoms with Crippen molar-refractivity contribution in [3.63, 3.8) is 0 Å². The summed E-state index contributed by atoms with van der Waals surface area (Å²) in [6.07, 6.45) is 0. The lowest BCUT2D eigenvalue weighted by atomic mass is 10.1. The molecule has 1 atom stereocenters. The molecule has 1 aromatic rings. The van der Waals surface area contributed by atoms with Gasteiger partial charge in [-0.1, -0.05) is 37.8 Å². The topological polar surface area (TPSA) is 84.2 Å². The molecule has 0 radical (unpaired) electrons. The third kappa shape index (κ3) is 6.74. The molecule has 0 aliphatic heterocycles. The molecule has 4 N–H and O–H groups in total. The van der Waals surface area contributed by atoms with E-state index in [1.165, 1.54) is 0 Å². The van der Waals surface area contributed by atoms with E-state index in [2.05, 4.69) is 21.3 Å². The van der Waals surface area contributed by atoms with Crippen LogP contribution >= 0.6 is 0 Å². The SMILES string of the molecule is CC(C)CNS(=O)(=O)NC(C)c1ccc(C#CCN)cc1. The largest absolute Gasteiger partial charge is 0.320 e. The van der Waals surface area contributed by atoms with E-state index in [1.54, 1.807) is 6.92 Å². The fraction of sp³-hybridized carbons (Fsp3) is 0.467. The van der Waals surface area contributed by atoms with Gasteiger partial charge in [0, 0.05) is 18.2 Å². The van der Waals surface area contributed by atoms with Gasteiger partial charge in [0.2, 0.25) is 0 Å². The molecule has 0 aromatic heterocycles. The highest BCUT2D eigenvalue weighted by Gasteiger charge is 2.15. The van der Waals surface area contributed by atoms with Crippen molar-refractivity contribution in [1.29, 1.82) is 0 Å². The number of rotatable bonds is 6. The van der Waals surface area contributed by atoms with Gasteiger partial charge in [-0.25, -0.2) is 4.72 Å². The van der Waals surface area contributed by atoms with Gasteiger partial charge in [-0.05, 0) is 30.5 Å². The highest BCUT2D eigenvalue weighted by Crippen LogP contribution is 2.13. The number of hydrogen-bond acceptors (Lipinski definition) is 3. The second-order valence-electron chi connectivity index (χ2n) is 5.21. The van der Waals surface area contributed by atoms with Crippen LogP contribution in [-0.2, 0) is 10.2 Å². The first-order valence-electron chi connectivity index (χ1n) is 6.90. The molecule has 1 aromatic carbocycles. The highest BCUT2D eigenvalue weighted by molar-refractivity contribution is 7.87. The van der Waals surface area contributed by atoms with E-state index in [9.17, 15) is 8.42 Å². The fourth-order valence-corrected chi connectivity index (χ4v) is 2.86. The van der Waals surface area contributed by atoms with Crippen molar-refractivity contribution in [2.45, 2.75) is 26.8 Å². The molecule has 6 heteroatoms. The minimum Gasteiger partial charge on any atom is -0.320 e. The van der Waals surface area contributed by atoms with Crippen LogP contribution in [0.3, 0.4) is 0 Å². The van der Waals surface area contributed by atoms with Crippen molar-refractivity contribution in [1.82, 2.24) is 9.44 Å². The van der Waals surface area contributed by atoms with Crippen LogP contribution in [0.4, 0.5) is 0 Å². The zero-order valence-electron chi connectivity index (χ0n) is 12.7. The zero-order valence-corrected chi connectivity index (χ0v) is 13.5. The van der Waals surface area contributed by atoms with Gasteiger partial charge in [0.25, 0.3) is 10.2 Å². The Hall–Kier alpha value is -1.39. The maximum absolute atomic E-state index is 11.9. The molecule has 0 amide bonds. The van der Waals surface area contributed by atoms with Crippen LogP contribution in [0.5, 0.6) is 0 Å². The molecule has 116 valence electrons. The molecule has 1 rings (SSSR count). The van der Waals surface area contributed by atoms with Crippen LogP contribution in [0, 0.1) is 17.8 Å². The summed E-state index contributed by atoms with van der Waals surface area (Å²) in [6, 6.07) is 7.10. The summed E-state index contributed by atoms with van der Waals surface area (Å²) in [5.74, 6) is 5.96. The first-order chi connectivity index (χ1) is 9.84. The Kier molecular flexibility index (Phi) is 6.85. The van der Waals surface area contributed by atoms with Crippen LogP contribution < -0.4 is 15.2 Å². The van der Waals surface area contributed by atoms with Crippen LogP contribution in [-0.4, -0.2) is 21.5 Å². The van der Waals surface area contributed by atoms with Crippen molar-refractivity contribution in [2.24, 2.45) is 11.7 Å². The van der Waals surface area contributed by atoms with Gasteiger partial charge >= 0.3 is 0 Å². The minimum atomic E-state index is -3.49. The van der Waals surface area contributed by atoms with Crippen molar-refractivity contribution in [2.75, 3.05) is 13.1 Å². The number of nitrogens with two attached hydrogens (primary N) is 1. The van der Waals surface area contributed by atoms with Gasteiger partial charge in [-0.2, -0.15) is 13.1 Å². The minimum absolute atomic E-state index is 0.261. The second kappa shape index (κ2) is 8.15. The predicted molar refractivity (Wildman–Crippen MR) is 85.7 cm³/mol. The number of hydrogen-bond donors (Lipinski definition) is 3. The van der Waals surface area contributed by atoms with E-state index < -0.39 is 10.2 Å². The number of nitrogens with one attached hydrogen (secondary N) is 2. The zero-order chi connectivity index (χ0) is 15.9. The predicted octanol–water partition coefficient (Wildman–Crippen LogP) is 1.14. The van der Waals surface area contributed by atoms with E-state index >= 15 is 0 Å². The van der Waals surface area contributed by atoms with Crippen molar-refractivity contribution in [3.05, 3.63) is 35.4 Å². The monoisotopic (exact) mass is 309 g/mol. The molecule has 5 nitrogen and oxygen atoms in total. The molecule has 0 saturated carbocycles. The molecule has 0 heterocycles. The van der Waals surface area contributed by atoms with Crippen molar-refractivity contribution >= 4 is 10.2 Å². The lowest BCUT2D eigenvalue weighted by Gasteiger charge is -2.16. The Bertz CT molecular complexity index is 598. The van der Waals surface area contributed by atoms with Crippen LogP contribution in [0.2, 0.25) is 0 Å². The molecule has 21 heavy (non-hydrogen) atoms. The standard InChI is InChI=1S/C15H23N3O2S/c1-12(2)11-17-21(19,20)18-13(3)15-8-6-14(7-9-15)5-4-10-16/h6-9,12-13,17-18H,10-11,16H2,1-3H3. The van der Waals surface area contributed by atoms with E-state index in [0.29, 0.717) is 13.1 Å². The molecule has 0 bridgehead atoms. The maximum Gasteiger partial charge on any atom is 0.277 e. The Balaban J connectivity index is 2.69. The second-order valence-corrected chi connectivity index (χ2v) is 6.74. The van der Waals surface area contributed by atoms with Crippen LogP contribution in [0.15, 0.2) is 24.3 Å². The van der Waals surface area contributed by atoms with Gasteiger partial charge in [0.1, 0.15) is 0 Å². The quantitative estimate of drug-likeness (QED) is 0.689. The first kappa shape index (κ1) is 17.7. The average molecular weight is 309 g/mol. The third-order valence-electron chi connectivity index (χ3n) is 2.76. The Morgan fingerprint density at radius 3 is 2.33 bits per heavy atom. The molecule has 0 spiro atoms. The van der Waals surface area contributed by atoms with E-state index in [-0.39, 0.29) is 12.0 Å². The van der Waals surface area contributed by atoms with E-state index in [4.69, 9.17) is 5.73 Å². The Labute approximate surface area is 127 Å². The summed E-state index contributed by atoms with van der Waals surface area (Å²) in [5.41, 5.74) is 7.05. The summed E-state index contributed by atoms with van der Waals surface area (Å²) in [6.45, 7) is 6.43. The summed E-state index contributed by atoms with van der Waals surface area (Å²) in [7, 11) is -3.49. The highest BCUT2D eigenvalue weighted by atomic mass is 32.2. The van der Waals surface area contributed by atoms with Gasteiger partial charge in [0.15, 0.2) is 0 Å². The number of benzene rings is 1. The Morgan fingerprint density at radius 2 is 1.81 bits per heavy atom. The molecular formula is C15H23N3O2S. The van der Waals surface area contributed by atoms with Crippen LogP contribution in [0.25, 0.3) is 0 Å². The van der Waals surface area contributed by atoms with Crippen LogP contribution in [0.1, 0.15) is 37.9 Å². The Morgan fingerprint density at radius 1 is 1.19 bits per heavy atom. The molecule has 0 fully saturated rings. The summed E-state index contributed by atoms with van der Waals surface area (Å²) in [5, 5.41) is 0. The lowest BCUT2D eigenvalue weighted by Crippen LogP contribution is -2.39. The van der Waals surface area contributed by atoms with E-state index in [0.717, 1.165) is 11.1 Å². The van der Waals surface area contributed by atoms with Gasteiger partial charge in [-0.3, -0.25) is 0 Å². The molecule has 0 saturated heterocycles. The molecule has 1 unspecified atom stereocenters. The molecule has 0 aliphatic carbocycles. The summed E-state index contributed by atoms with van der Waals surface area (Å²) >= 11 is 0. The first-order valence-corrected chi connectivity index (χ1v) is 8.38. The fourth-order valence-electron chi connectivity index (χ4n) is 1.63. The lowest BCUT2D eigenvalue weighted by molar-refractivity contribution is 0.536. The molecular weight excluding hydrogens is 286 g/mol. The maximum atomic E-state index is 11.9. The third-order valence-corrected chi connectivity index (χ3v) is 3.97. The average Bonchev–Trinajstić information content (AvgIpc) is 2.43. The van der Waals surface area contributed by atoms with E-state index in [1.807, 2.05) is 38.1 Å². The van der Waals surface area contributed by atoms with Gasteiger partial charge < -0.3 is 5.73 Å². The van der Waals surface area contributed by atoms with Crippen molar-refractivity contribution in [3.8, 4) is 11.8 Å².